The minimum absolute atomic E-state index is 0.0132. The number of carbonyl (C=O) groups is 1. The van der Waals surface area contributed by atoms with E-state index in [9.17, 15) is 18.0 Å². The Kier molecular flexibility index (Phi) is 5.21. The van der Waals surface area contributed by atoms with Crippen LogP contribution in [0.15, 0.2) is 42.6 Å². The molecule has 4 heterocycles. The third-order valence-electron chi connectivity index (χ3n) is 5.43. The molecule has 0 aliphatic carbocycles. The van der Waals surface area contributed by atoms with Crippen molar-refractivity contribution < 1.29 is 22.7 Å². The average molecular weight is 405 g/mol. The second-order valence-corrected chi connectivity index (χ2v) is 7.69. The fourth-order valence-electron chi connectivity index (χ4n) is 4.10. The number of carbonyl (C=O) groups excluding carboxylic acids is 1. The number of rotatable bonds is 5. The molecular formula is C21H22F3N3O2. The van der Waals surface area contributed by atoms with Gasteiger partial charge in [-0.15, -0.1) is 0 Å². The number of pyridine rings is 1. The number of hydrogen-bond donors (Lipinski definition) is 0. The molecule has 5 rings (SSSR count). The van der Waals surface area contributed by atoms with E-state index in [4.69, 9.17) is 4.74 Å². The third kappa shape index (κ3) is 4.37. The van der Waals surface area contributed by atoms with Crippen molar-refractivity contribution in [2.24, 2.45) is 0 Å². The first-order valence-corrected chi connectivity index (χ1v) is 9.55. The molecule has 1 aromatic heterocycles. The van der Waals surface area contributed by atoms with Crippen molar-refractivity contribution in [1.29, 1.82) is 0 Å². The van der Waals surface area contributed by atoms with Gasteiger partial charge < -0.3 is 9.64 Å². The zero-order valence-electron chi connectivity index (χ0n) is 16.0. The van der Waals surface area contributed by atoms with Crippen molar-refractivity contribution in [3.05, 3.63) is 59.4 Å². The van der Waals surface area contributed by atoms with Crippen molar-refractivity contribution >= 4 is 5.91 Å². The zero-order chi connectivity index (χ0) is 20.6. The molecule has 1 amide bonds. The monoisotopic (exact) mass is 405 g/mol. The molecule has 0 saturated carbocycles. The Labute approximate surface area is 167 Å². The quantitative estimate of drug-likeness (QED) is 0.766. The number of piperidine rings is 1. The molecule has 2 aromatic rings. The molecule has 1 aromatic carbocycles. The fraction of sp³-hybridized carbons (Fsp3) is 0.429. The molecule has 2 atom stereocenters. The maximum absolute atomic E-state index is 12.6. The molecule has 5 nitrogen and oxygen atoms in total. The zero-order valence-corrected chi connectivity index (χ0v) is 16.0. The van der Waals surface area contributed by atoms with Crippen molar-refractivity contribution in [2.45, 2.75) is 38.1 Å². The van der Waals surface area contributed by atoms with E-state index in [0.717, 1.165) is 23.6 Å². The maximum atomic E-state index is 12.6. The van der Waals surface area contributed by atoms with Crippen LogP contribution in [0.2, 0.25) is 0 Å². The molecule has 3 aliphatic rings. The SMILES string of the molecule is Cc1cccc(OCC(=O)N2C3CC2CN(Cc2ccc(C(F)(F)F)nc2)C3)c1. The lowest BCUT2D eigenvalue weighted by molar-refractivity contribution is -0.156. The standard InChI is InChI=1S/C21H22F3N3O2/c1-14-3-2-4-18(7-14)29-13-20(28)27-16-8-17(27)12-26(11-16)10-15-5-6-19(25-9-15)21(22,23)24/h2-7,9,16-17H,8,10-13H2,1H3. The molecule has 29 heavy (non-hydrogen) atoms. The van der Waals surface area contributed by atoms with Crippen LogP contribution in [-0.2, 0) is 17.5 Å². The van der Waals surface area contributed by atoms with Crippen LogP contribution in [0.5, 0.6) is 5.75 Å². The molecule has 3 saturated heterocycles. The summed E-state index contributed by atoms with van der Waals surface area (Å²) in [6.07, 6.45) is -2.19. The van der Waals surface area contributed by atoms with Crippen molar-refractivity contribution in [3.8, 4) is 5.75 Å². The highest BCUT2D eigenvalue weighted by Gasteiger charge is 2.47. The van der Waals surface area contributed by atoms with Crippen LogP contribution in [0.4, 0.5) is 13.2 Å². The number of aryl methyl sites for hydroxylation is 1. The Morgan fingerprint density at radius 1 is 1.21 bits per heavy atom. The summed E-state index contributed by atoms with van der Waals surface area (Å²) < 4.78 is 43.5. The van der Waals surface area contributed by atoms with Crippen LogP contribution in [0.3, 0.4) is 0 Å². The first-order valence-electron chi connectivity index (χ1n) is 9.55. The van der Waals surface area contributed by atoms with Gasteiger partial charge in [0.1, 0.15) is 11.4 Å². The lowest BCUT2D eigenvalue weighted by Gasteiger charge is -2.56. The lowest BCUT2D eigenvalue weighted by Crippen LogP contribution is -2.70. The molecule has 2 bridgehead atoms. The van der Waals surface area contributed by atoms with Gasteiger partial charge in [0.15, 0.2) is 6.61 Å². The fourth-order valence-corrected chi connectivity index (χ4v) is 4.10. The topological polar surface area (TPSA) is 45.7 Å². The molecule has 0 spiro atoms. The minimum Gasteiger partial charge on any atom is -0.484 e. The van der Waals surface area contributed by atoms with E-state index in [1.165, 1.54) is 12.3 Å². The predicted octanol–water partition coefficient (Wildman–Crippen LogP) is 3.27. The molecule has 2 unspecified atom stereocenters. The highest BCUT2D eigenvalue weighted by atomic mass is 19.4. The predicted molar refractivity (Wildman–Crippen MR) is 100 cm³/mol. The van der Waals surface area contributed by atoms with Crippen LogP contribution in [0.1, 0.15) is 23.2 Å². The van der Waals surface area contributed by atoms with Gasteiger partial charge in [0.05, 0.1) is 0 Å². The van der Waals surface area contributed by atoms with Gasteiger partial charge in [-0.2, -0.15) is 13.2 Å². The number of fused-ring (bicyclic) bond motifs is 2. The smallest absolute Gasteiger partial charge is 0.433 e. The largest absolute Gasteiger partial charge is 0.484 e. The van der Waals surface area contributed by atoms with Crippen molar-refractivity contribution in [2.75, 3.05) is 19.7 Å². The van der Waals surface area contributed by atoms with Gasteiger partial charge in [0, 0.05) is 37.9 Å². The van der Waals surface area contributed by atoms with Crippen molar-refractivity contribution in [3.63, 3.8) is 0 Å². The highest BCUT2D eigenvalue weighted by molar-refractivity contribution is 5.79. The van der Waals surface area contributed by atoms with Crippen molar-refractivity contribution in [1.82, 2.24) is 14.8 Å². The van der Waals surface area contributed by atoms with E-state index in [1.54, 1.807) is 0 Å². The average Bonchev–Trinajstić information content (AvgIpc) is 2.66. The first-order chi connectivity index (χ1) is 13.8. The number of aromatic nitrogens is 1. The van der Waals surface area contributed by atoms with Gasteiger partial charge in [0.2, 0.25) is 0 Å². The highest BCUT2D eigenvalue weighted by Crippen LogP contribution is 2.33. The van der Waals surface area contributed by atoms with E-state index in [-0.39, 0.29) is 24.6 Å². The number of ether oxygens (including phenoxy) is 1. The van der Waals surface area contributed by atoms with Crippen LogP contribution in [0.25, 0.3) is 0 Å². The van der Waals surface area contributed by atoms with Gasteiger partial charge in [-0.25, -0.2) is 0 Å². The maximum Gasteiger partial charge on any atom is 0.433 e. The van der Waals surface area contributed by atoms with E-state index in [0.29, 0.717) is 25.4 Å². The summed E-state index contributed by atoms with van der Waals surface area (Å²) in [6, 6.07) is 10.3. The number of hydrogen-bond acceptors (Lipinski definition) is 4. The van der Waals surface area contributed by atoms with Gasteiger partial charge in [0.25, 0.3) is 5.91 Å². The number of amides is 1. The molecule has 3 fully saturated rings. The van der Waals surface area contributed by atoms with Gasteiger partial charge >= 0.3 is 6.18 Å². The second-order valence-electron chi connectivity index (χ2n) is 7.69. The van der Waals surface area contributed by atoms with E-state index in [1.807, 2.05) is 36.1 Å². The van der Waals surface area contributed by atoms with Crippen LogP contribution in [0, 0.1) is 6.92 Å². The van der Waals surface area contributed by atoms with E-state index in [2.05, 4.69) is 9.88 Å². The summed E-state index contributed by atoms with van der Waals surface area (Å²) in [5.41, 5.74) is 0.928. The van der Waals surface area contributed by atoms with Crippen LogP contribution >= 0.6 is 0 Å². The first kappa shape index (κ1) is 19.7. The van der Waals surface area contributed by atoms with Gasteiger partial charge in [-0.1, -0.05) is 18.2 Å². The molecular weight excluding hydrogens is 383 g/mol. The number of alkyl halides is 3. The second kappa shape index (κ2) is 7.67. The summed E-state index contributed by atoms with van der Waals surface area (Å²) in [4.78, 5) is 20.1. The Morgan fingerprint density at radius 2 is 1.97 bits per heavy atom. The van der Waals surface area contributed by atoms with E-state index < -0.39 is 11.9 Å². The number of piperazine rings is 1. The summed E-state index contributed by atoms with van der Waals surface area (Å²) in [5, 5.41) is 0. The van der Waals surface area contributed by atoms with Gasteiger partial charge in [-0.05, 0) is 42.7 Å². The molecule has 3 aliphatic heterocycles. The molecule has 8 heteroatoms. The number of nitrogens with zero attached hydrogens (tertiary/aromatic N) is 3. The third-order valence-corrected chi connectivity index (χ3v) is 5.43. The normalized spacial score (nSPS) is 21.6. The lowest BCUT2D eigenvalue weighted by atomic mass is 9.87. The summed E-state index contributed by atoms with van der Waals surface area (Å²) in [5.74, 6) is 0.657. The van der Waals surface area contributed by atoms with E-state index >= 15 is 0 Å². The summed E-state index contributed by atoms with van der Waals surface area (Å²) in [7, 11) is 0. The Balaban J connectivity index is 1.29. The molecule has 0 N–H and O–H groups in total. The summed E-state index contributed by atoms with van der Waals surface area (Å²) >= 11 is 0. The summed E-state index contributed by atoms with van der Waals surface area (Å²) in [6.45, 7) is 3.91. The Bertz CT molecular complexity index is 873. The van der Waals surface area contributed by atoms with Gasteiger partial charge in [-0.3, -0.25) is 14.7 Å². The van der Waals surface area contributed by atoms with Crippen LogP contribution in [-0.4, -0.2) is 52.5 Å². The Hall–Kier alpha value is -2.61. The Morgan fingerprint density at radius 3 is 2.59 bits per heavy atom. The molecule has 154 valence electrons. The van der Waals surface area contributed by atoms with Crippen LogP contribution < -0.4 is 4.74 Å². The number of halogens is 3. The number of benzene rings is 1. The minimum atomic E-state index is -4.42. The molecule has 0 radical (unpaired) electrons.